The molecule has 0 radical (unpaired) electrons. The van der Waals surface area contributed by atoms with Crippen LogP contribution in [0.25, 0.3) is 0 Å². The first-order chi connectivity index (χ1) is 7.57. The molecule has 2 N–H and O–H groups in total. The first-order valence-corrected chi connectivity index (χ1v) is 6.09. The van der Waals surface area contributed by atoms with E-state index in [9.17, 15) is 4.79 Å². The molecule has 0 spiro atoms. The van der Waals surface area contributed by atoms with Gasteiger partial charge in [0.2, 0.25) is 5.91 Å². The fourth-order valence-electron chi connectivity index (χ4n) is 1.22. The molecule has 0 aliphatic carbocycles. The minimum absolute atomic E-state index is 0.137. The summed E-state index contributed by atoms with van der Waals surface area (Å²) in [6, 6.07) is 0. The van der Waals surface area contributed by atoms with Gasteiger partial charge in [0, 0.05) is 20.2 Å². The van der Waals surface area contributed by atoms with Crippen molar-refractivity contribution in [1.29, 1.82) is 0 Å². The summed E-state index contributed by atoms with van der Waals surface area (Å²) in [5.74, 6) is 0.793. The van der Waals surface area contributed by atoms with Crippen molar-refractivity contribution in [2.45, 2.75) is 33.1 Å². The van der Waals surface area contributed by atoms with Crippen LogP contribution in [0.4, 0.5) is 0 Å². The molecule has 0 aromatic carbocycles. The molecule has 0 aromatic heterocycles. The SMILES string of the molecule is CC(C)CCOCCC(=O)N(C)CCCN. The number of hydrogen-bond donors (Lipinski definition) is 1. The quantitative estimate of drug-likeness (QED) is 0.606. The van der Waals surface area contributed by atoms with Crippen molar-refractivity contribution >= 4 is 5.91 Å². The molecule has 0 rings (SSSR count). The second-order valence-electron chi connectivity index (χ2n) is 4.50. The van der Waals surface area contributed by atoms with Crippen LogP contribution in [0.1, 0.15) is 33.1 Å². The van der Waals surface area contributed by atoms with Gasteiger partial charge in [-0.2, -0.15) is 0 Å². The molecule has 0 aliphatic rings. The van der Waals surface area contributed by atoms with Crippen LogP contribution in [0, 0.1) is 5.92 Å². The highest BCUT2D eigenvalue weighted by atomic mass is 16.5. The summed E-state index contributed by atoms with van der Waals surface area (Å²) in [6.45, 7) is 6.96. The van der Waals surface area contributed by atoms with Crippen LogP contribution in [0.15, 0.2) is 0 Å². The van der Waals surface area contributed by atoms with Crippen LogP contribution >= 0.6 is 0 Å². The maximum Gasteiger partial charge on any atom is 0.224 e. The fourth-order valence-corrected chi connectivity index (χ4v) is 1.22. The van der Waals surface area contributed by atoms with Crippen LogP contribution in [-0.2, 0) is 9.53 Å². The van der Waals surface area contributed by atoms with Crippen molar-refractivity contribution in [1.82, 2.24) is 4.90 Å². The average molecular weight is 230 g/mol. The van der Waals surface area contributed by atoms with E-state index in [4.69, 9.17) is 10.5 Å². The van der Waals surface area contributed by atoms with Crippen LogP contribution in [0.2, 0.25) is 0 Å². The Kier molecular flexibility index (Phi) is 9.24. The standard InChI is InChI=1S/C12H26N2O2/c1-11(2)5-9-16-10-6-12(15)14(3)8-4-7-13/h11H,4-10,13H2,1-3H3. The van der Waals surface area contributed by atoms with Crippen molar-refractivity contribution in [3.05, 3.63) is 0 Å². The summed E-state index contributed by atoms with van der Waals surface area (Å²) in [5, 5.41) is 0. The van der Waals surface area contributed by atoms with Crippen LogP contribution in [0.3, 0.4) is 0 Å². The van der Waals surface area contributed by atoms with Gasteiger partial charge in [0.05, 0.1) is 13.0 Å². The van der Waals surface area contributed by atoms with Gasteiger partial charge < -0.3 is 15.4 Å². The van der Waals surface area contributed by atoms with Crippen molar-refractivity contribution in [2.24, 2.45) is 11.7 Å². The monoisotopic (exact) mass is 230 g/mol. The van der Waals surface area contributed by atoms with Crippen molar-refractivity contribution in [2.75, 3.05) is 33.4 Å². The largest absolute Gasteiger partial charge is 0.381 e. The Labute approximate surface area is 99.1 Å². The molecule has 16 heavy (non-hydrogen) atoms. The number of nitrogens with two attached hydrogens (primary N) is 1. The van der Waals surface area contributed by atoms with Gasteiger partial charge in [0.1, 0.15) is 0 Å². The van der Waals surface area contributed by atoms with E-state index >= 15 is 0 Å². The number of nitrogens with zero attached hydrogens (tertiary/aromatic N) is 1. The molecule has 1 amide bonds. The Hall–Kier alpha value is -0.610. The number of rotatable bonds is 9. The summed E-state index contributed by atoms with van der Waals surface area (Å²) in [6.07, 6.45) is 2.38. The zero-order valence-corrected chi connectivity index (χ0v) is 10.9. The first kappa shape index (κ1) is 15.4. The van der Waals surface area contributed by atoms with Gasteiger partial charge in [-0.25, -0.2) is 0 Å². The molecule has 0 saturated carbocycles. The maximum absolute atomic E-state index is 11.6. The minimum Gasteiger partial charge on any atom is -0.381 e. The van der Waals surface area contributed by atoms with Gasteiger partial charge in [0.15, 0.2) is 0 Å². The Morgan fingerprint density at radius 3 is 2.62 bits per heavy atom. The van der Waals surface area contributed by atoms with E-state index in [0.29, 0.717) is 25.5 Å². The van der Waals surface area contributed by atoms with Crippen LogP contribution in [-0.4, -0.2) is 44.2 Å². The molecule has 0 atom stereocenters. The molecule has 0 fully saturated rings. The third kappa shape index (κ3) is 8.68. The highest BCUT2D eigenvalue weighted by Gasteiger charge is 2.07. The first-order valence-electron chi connectivity index (χ1n) is 6.09. The van der Waals surface area contributed by atoms with E-state index in [0.717, 1.165) is 26.0 Å². The second kappa shape index (κ2) is 9.60. The smallest absolute Gasteiger partial charge is 0.224 e. The van der Waals surface area contributed by atoms with Gasteiger partial charge >= 0.3 is 0 Å². The predicted molar refractivity (Wildman–Crippen MR) is 66.2 cm³/mol. The van der Waals surface area contributed by atoms with E-state index in [1.807, 2.05) is 7.05 Å². The Balaban J connectivity index is 3.42. The van der Waals surface area contributed by atoms with Gasteiger partial charge in [-0.3, -0.25) is 4.79 Å². The summed E-state index contributed by atoms with van der Waals surface area (Å²) >= 11 is 0. The third-order valence-electron chi connectivity index (χ3n) is 2.42. The Morgan fingerprint density at radius 2 is 2.06 bits per heavy atom. The number of ether oxygens (including phenoxy) is 1. The Bertz CT molecular complexity index is 184. The number of hydrogen-bond acceptors (Lipinski definition) is 3. The zero-order valence-electron chi connectivity index (χ0n) is 10.9. The second-order valence-corrected chi connectivity index (χ2v) is 4.50. The van der Waals surface area contributed by atoms with E-state index < -0.39 is 0 Å². The highest BCUT2D eigenvalue weighted by Crippen LogP contribution is 2.00. The van der Waals surface area contributed by atoms with E-state index in [-0.39, 0.29) is 5.91 Å². The van der Waals surface area contributed by atoms with Crippen molar-refractivity contribution < 1.29 is 9.53 Å². The summed E-state index contributed by atoms with van der Waals surface area (Å²) in [7, 11) is 1.81. The molecule has 0 aromatic rings. The molecule has 0 bridgehead atoms. The molecule has 4 heteroatoms. The highest BCUT2D eigenvalue weighted by molar-refractivity contribution is 5.75. The normalized spacial score (nSPS) is 10.8. The lowest BCUT2D eigenvalue weighted by Crippen LogP contribution is -2.29. The van der Waals surface area contributed by atoms with E-state index in [1.54, 1.807) is 4.90 Å². The van der Waals surface area contributed by atoms with Crippen LogP contribution in [0.5, 0.6) is 0 Å². The lowest BCUT2D eigenvalue weighted by Gasteiger charge is -2.16. The minimum atomic E-state index is 0.137. The molecule has 0 unspecified atom stereocenters. The molecule has 4 nitrogen and oxygen atoms in total. The zero-order chi connectivity index (χ0) is 12.4. The van der Waals surface area contributed by atoms with Crippen molar-refractivity contribution in [3.8, 4) is 0 Å². The fraction of sp³-hybridized carbons (Fsp3) is 0.917. The van der Waals surface area contributed by atoms with Gasteiger partial charge in [-0.05, 0) is 25.3 Å². The lowest BCUT2D eigenvalue weighted by molar-refractivity contribution is -0.131. The third-order valence-corrected chi connectivity index (χ3v) is 2.42. The average Bonchev–Trinajstić information content (AvgIpc) is 2.24. The maximum atomic E-state index is 11.6. The van der Waals surface area contributed by atoms with E-state index in [1.165, 1.54) is 0 Å². The van der Waals surface area contributed by atoms with Crippen LogP contribution < -0.4 is 5.73 Å². The summed E-state index contributed by atoms with van der Waals surface area (Å²) in [5.41, 5.74) is 5.38. The molecule has 0 saturated heterocycles. The lowest BCUT2D eigenvalue weighted by atomic mass is 10.1. The topological polar surface area (TPSA) is 55.6 Å². The van der Waals surface area contributed by atoms with Gasteiger partial charge in [0.25, 0.3) is 0 Å². The molecular weight excluding hydrogens is 204 g/mol. The molecular formula is C12H26N2O2. The van der Waals surface area contributed by atoms with Crippen molar-refractivity contribution in [3.63, 3.8) is 0 Å². The summed E-state index contributed by atoms with van der Waals surface area (Å²) < 4.78 is 5.40. The number of carbonyl (C=O) groups is 1. The Morgan fingerprint density at radius 1 is 1.38 bits per heavy atom. The number of carbonyl (C=O) groups excluding carboxylic acids is 1. The molecule has 0 aliphatic heterocycles. The molecule has 0 heterocycles. The van der Waals surface area contributed by atoms with E-state index in [2.05, 4.69) is 13.8 Å². The molecule has 96 valence electrons. The number of amides is 1. The van der Waals surface area contributed by atoms with Gasteiger partial charge in [-0.15, -0.1) is 0 Å². The predicted octanol–water partition coefficient (Wildman–Crippen LogP) is 1.25. The van der Waals surface area contributed by atoms with Gasteiger partial charge in [-0.1, -0.05) is 13.8 Å². The summed E-state index contributed by atoms with van der Waals surface area (Å²) in [4.78, 5) is 13.3.